The molecular weight excluding hydrogens is 412 g/mol. The number of fused-ring (bicyclic) bond motifs is 3. The number of aryl methyl sites for hydroxylation is 2. The number of thiophene rings is 1. The number of carbonyl (C=O) groups is 1. The molecule has 6 nitrogen and oxygen atoms in total. The molecule has 0 radical (unpaired) electrons. The predicted molar refractivity (Wildman–Crippen MR) is 114 cm³/mol. The number of benzene rings is 1. The molecule has 1 aliphatic carbocycles. The van der Waals surface area contributed by atoms with Crippen LogP contribution >= 0.6 is 22.9 Å². The Labute approximate surface area is 176 Å². The minimum atomic E-state index is -0.519. The summed E-state index contributed by atoms with van der Waals surface area (Å²) in [6.45, 7) is 1.79. The van der Waals surface area contributed by atoms with Crippen LogP contribution in [-0.2, 0) is 35.5 Å². The number of aromatic nitrogens is 2. The fraction of sp³-hybridized carbons (Fsp3) is 0.381. The van der Waals surface area contributed by atoms with Crippen molar-refractivity contribution in [3.63, 3.8) is 0 Å². The molecule has 8 heteroatoms. The van der Waals surface area contributed by atoms with Crippen LogP contribution in [0.1, 0.15) is 35.8 Å². The summed E-state index contributed by atoms with van der Waals surface area (Å²) in [5.74, 6) is -0.495. The first kappa shape index (κ1) is 19.9. The molecule has 0 unspecified atom stereocenters. The largest absolute Gasteiger partial charge is 0.465 e. The second-order valence-electron chi connectivity index (χ2n) is 7.05. The van der Waals surface area contributed by atoms with Gasteiger partial charge in [0.05, 0.1) is 18.5 Å². The Morgan fingerprint density at radius 2 is 1.93 bits per heavy atom. The van der Waals surface area contributed by atoms with E-state index in [1.54, 1.807) is 25.1 Å². The van der Waals surface area contributed by atoms with Gasteiger partial charge in [0.15, 0.2) is 0 Å². The second kappa shape index (κ2) is 8.16. The Kier molecular flexibility index (Phi) is 5.61. The molecule has 1 aliphatic rings. The van der Waals surface area contributed by atoms with Gasteiger partial charge in [-0.05, 0) is 49.8 Å². The summed E-state index contributed by atoms with van der Waals surface area (Å²) in [6.07, 6.45) is 3.79. The van der Waals surface area contributed by atoms with Gasteiger partial charge in [0.2, 0.25) is 0 Å². The molecule has 2 aromatic heterocycles. The summed E-state index contributed by atoms with van der Waals surface area (Å²) in [4.78, 5) is 40.5. The van der Waals surface area contributed by atoms with Gasteiger partial charge in [-0.2, -0.15) is 0 Å². The molecule has 1 aromatic carbocycles. The molecular formula is C21H21ClN2O4S. The second-order valence-corrected chi connectivity index (χ2v) is 8.54. The van der Waals surface area contributed by atoms with Crippen molar-refractivity contribution in [2.75, 3.05) is 6.61 Å². The van der Waals surface area contributed by atoms with Gasteiger partial charge in [-0.1, -0.05) is 29.8 Å². The summed E-state index contributed by atoms with van der Waals surface area (Å²) in [5, 5.41) is 1.05. The van der Waals surface area contributed by atoms with Crippen LogP contribution in [0, 0.1) is 0 Å². The highest BCUT2D eigenvalue weighted by Crippen LogP contribution is 2.34. The summed E-state index contributed by atoms with van der Waals surface area (Å²) in [6, 6.07) is 7.13. The minimum absolute atomic E-state index is 0.0563. The molecule has 0 saturated carbocycles. The zero-order valence-electron chi connectivity index (χ0n) is 16.1. The lowest BCUT2D eigenvalue weighted by molar-refractivity contribution is -0.143. The number of carbonyl (C=O) groups excluding carboxylic acids is 1. The van der Waals surface area contributed by atoms with E-state index in [1.807, 2.05) is 6.07 Å². The SMILES string of the molecule is CCOC(=O)Cn1c(=O)n(Cc2ccccc2Cl)c(=O)c2c3c(sc21)CCCC3. The molecule has 3 aromatic rings. The smallest absolute Gasteiger partial charge is 0.332 e. The molecule has 0 spiro atoms. The van der Waals surface area contributed by atoms with Crippen LogP contribution in [0.3, 0.4) is 0 Å². The van der Waals surface area contributed by atoms with Crippen molar-refractivity contribution < 1.29 is 9.53 Å². The molecule has 0 amide bonds. The van der Waals surface area contributed by atoms with Gasteiger partial charge in [0.25, 0.3) is 5.56 Å². The molecule has 2 heterocycles. The van der Waals surface area contributed by atoms with Crippen LogP contribution in [0.4, 0.5) is 0 Å². The first-order chi connectivity index (χ1) is 14.0. The zero-order chi connectivity index (χ0) is 20.5. The van der Waals surface area contributed by atoms with Crippen LogP contribution < -0.4 is 11.2 Å². The number of nitrogens with zero attached hydrogens (tertiary/aromatic N) is 2. The Hall–Kier alpha value is -2.38. The molecule has 0 N–H and O–H groups in total. The summed E-state index contributed by atoms with van der Waals surface area (Å²) >= 11 is 7.71. The molecule has 0 saturated heterocycles. The predicted octanol–water partition coefficient (Wildman–Crippen LogP) is 3.37. The average Bonchev–Trinajstić information content (AvgIpc) is 3.09. The number of esters is 1. The third-order valence-corrected chi connectivity index (χ3v) is 6.88. The van der Waals surface area contributed by atoms with E-state index in [2.05, 4.69) is 0 Å². The number of halogens is 1. The quantitative estimate of drug-likeness (QED) is 0.579. The molecule has 0 atom stereocenters. The molecule has 29 heavy (non-hydrogen) atoms. The lowest BCUT2D eigenvalue weighted by atomic mass is 9.97. The maximum Gasteiger partial charge on any atom is 0.332 e. The summed E-state index contributed by atoms with van der Waals surface area (Å²) in [7, 11) is 0. The first-order valence-electron chi connectivity index (χ1n) is 9.68. The fourth-order valence-corrected chi connectivity index (χ4v) is 5.40. The number of hydrogen-bond donors (Lipinski definition) is 0. The highest BCUT2D eigenvalue weighted by Gasteiger charge is 2.24. The Bertz CT molecular complexity index is 1210. The standard InChI is InChI=1S/C21H21ClN2O4S/c1-2-28-17(25)12-24-20-18(14-8-4-6-10-16(14)29-20)19(26)23(21(24)27)11-13-7-3-5-9-15(13)22/h3,5,7,9H,2,4,6,8,10-12H2,1H3. The van der Waals surface area contributed by atoms with E-state index >= 15 is 0 Å². The summed E-state index contributed by atoms with van der Waals surface area (Å²) in [5.41, 5.74) is 0.866. The van der Waals surface area contributed by atoms with Gasteiger partial charge in [0, 0.05) is 9.90 Å². The highest BCUT2D eigenvalue weighted by molar-refractivity contribution is 7.18. The van der Waals surface area contributed by atoms with Gasteiger partial charge in [-0.3, -0.25) is 18.7 Å². The Morgan fingerprint density at radius 1 is 1.17 bits per heavy atom. The topological polar surface area (TPSA) is 70.3 Å². The highest BCUT2D eigenvalue weighted by atomic mass is 35.5. The van der Waals surface area contributed by atoms with Crippen LogP contribution in [0.5, 0.6) is 0 Å². The summed E-state index contributed by atoms with van der Waals surface area (Å²) < 4.78 is 7.63. The van der Waals surface area contributed by atoms with Crippen molar-refractivity contribution in [3.05, 3.63) is 66.1 Å². The monoisotopic (exact) mass is 432 g/mol. The fourth-order valence-electron chi connectivity index (χ4n) is 3.83. The van der Waals surface area contributed by atoms with Crippen molar-refractivity contribution in [2.24, 2.45) is 0 Å². The van der Waals surface area contributed by atoms with E-state index in [4.69, 9.17) is 16.3 Å². The number of hydrogen-bond acceptors (Lipinski definition) is 5. The van der Waals surface area contributed by atoms with Gasteiger partial charge >= 0.3 is 11.7 Å². The molecule has 0 bridgehead atoms. The van der Waals surface area contributed by atoms with E-state index in [1.165, 1.54) is 20.5 Å². The maximum atomic E-state index is 13.4. The van der Waals surface area contributed by atoms with E-state index in [0.717, 1.165) is 36.1 Å². The van der Waals surface area contributed by atoms with Crippen molar-refractivity contribution in [2.45, 2.75) is 45.7 Å². The van der Waals surface area contributed by atoms with E-state index in [0.29, 0.717) is 20.8 Å². The minimum Gasteiger partial charge on any atom is -0.465 e. The zero-order valence-corrected chi connectivity index (χ0v) is 17.6. The van der Waals surface area contributed by atoms with Crippen molar-refractivity contribution in [3.8, 4) is 0 Å². The first-order valence-corrected chi connectivity index (χ1v) is 10.9. The lowest BCUT2D eigenvalue weighted by Gasteiger charge is -2.13. The normalized spacial score (nSPS) is 13.4. The Morgan fingerprint density at radius 3 is 2.69 bits per heavy atom. The lowest BCUT2D eigenvalue weighted by Crippen LogP contribution is -2.41. The third-order valence-electron chi connectivity index (χ3n) is 5.20. The van der Waals surface area contributed by atoms with Crippen molar-refractivity contribution in [1.29, 1.82) is 0 Å². The molecule has 152 valence electrons. The van der Waals surface area contributed by atoms with Gasteiger partial charge < -0.3 is 4.74 Å². The number of ether oxygens (including phenoxy) is 1. The van der Waals surface area contributed by atoms with Crippen molar-refractivity contribution >= 4 is 39.1 Å². The van der Waals surface area contributed by atoms with Crippen molar-refractivity contribution in [1.82, 2.24) is 9.13 Å². The van der Waals surface area contributed by atoms with Crippen LogP contribution in [0.15, 0.2) is 33.9 Å². The van der Waals surface area contributed by atoms with E-state index in [9.17, 15) is 14.4 Å². The average molecular weight is 433 g/mol. The van der Waals surface area contributed by atoms with Crippen LogP contribution in [0.25, 0.3) is 10.2 Å². The third kappa shape index (κ3) is 3.65. The Balaban J connectivity index is 1.95. The van der Waals surface area contributed by atoms with Crippen LogP contribution in [-0.4, -0.2) is 21.7 Å². The van der Waals surface area contributed by atoms with Crippen LogP contribution in [0.2, 0.25) is 5.02 Å². The number of rotatable bonds is 5. The van der Waals surface area contributed by atoms with Gasteiger partial charge in [-0.15, -0.1) is 11.3 Å². The van der Waals surface area contributed by atoms with E-state index in [-0.39, 0.29) is 25.3 Å². The molecule has 0 fully saturated rings. The molecule has 0 aliphatic heterocycles. The van der Waals surface area contributed by atoms with Gasteiger partial charge in [-0.25, -0.2) is 4.79 Å². The van der Waals surface area contributed by atoms with E-state index < -0.39 is 11.7 Å². The maximum absolute atomic E-state index is 13.4. The molecule has 4 rings (SSSR count). The van der Waals surface area contributed by atoms with Gasteiger partial charge in [0.1, 0.15) is 11.4 Å².